The molecule has 1 aliphatic heterocycles. The third kappa shape index (κ3) is 8.52. The van der Waals surface area contributed by atoms with Gasteiger partial charge in [0.1, 0.15) is 23.5 Å². The molecule has 0 bridgehead atoms. The van der Waals surface area contributed by atoms with E-state index in [4.69, 9.17) is 9.47 Å². The normalized spacial score (nSPS) is 16.6. The maximum atomic E-state index is 13.9. The van der Waals surface area contributed by atoms with E-state index in [-0.39, 0.29) is 43.1 Å². The molecule has 1 saturated heterocycles. The van der Waals surface area contributed by atoms with Crippen molar-refractivity contribution in [3.8, 4) is 17.2 Å². The SMILES string of the molecule is CN1C(=O)N(Cc2ccc(OC(F)(F)F)cc2)CC1CCOc1ccc(CC(C)(COc2ccccc2F)C(=O)O)cc1. The third-order valence-corrected chi connectivity index (χ3v) is 7.22. The van der Waals surface area contributed by atoms with Crippen molar-refractivity contribution in [2.24, 2.45) is 5.41 Å². The number of benzene rings is 3. The highest BCUT2D eigenvalue weighted by Crippen LogP contribution is 2.28. The third-order valence-electron chi connectivity index (χ3n) is 7.22. The Hall–Kier alpha value is -4.48. The lowest BCUT2D eigenvalue weighted by atomic mass is 9.84. The highest BCUT2D eigenvalue weighted by atomic mass is 19.4. The Morgan fingerprint density at radius 3 is 2.21 bits per heavy atom. The number of ether oxygens (including phenoxy) is 3. The van der Waals surface area contributed by atoms with Crippen molar-refractivity contribution in [1.29, 1.82) is 0 Å². The number of amides is 2. The number of carbonyl (C=O) groups excluding carboxylic acids is 1. The van der Waals surface area contributed by atoms with Crippen LogP contribution in [0.2, 0.25) is 0 Å². The lowest BCUT2D eigenvalue weighted by Gasteiger charge is -2.25. The second-order valence-corrected chi connectivity index (χ2v) is 10.7. The summed E-state index contributed by atoms with van der Waals surface area (Å²) in [5, 5.41) is 9.83. The number of nitrogens with zero attached hydrogens (tertiary/aromatic N) is 2. The predicted molar refractivity (Wildman–Crippen MR) is 148 cm³/mol. The summed E-state index contributed by atoms with van der Waals surface area (Å²) in [6.07, 6.45) is -4.07. The lowest BCUT2D eigenvalue weighted by molar-refractivity contribution is -0.274. The van der Waals surface area contributed by atoms with Crippen LogP contribution in [-0.2, 0) is 17.8 Å². The number of likely N-dealkylation sites (N-methyl/N-ethyl adjacent to an activating group) is 1. The molecule has 1 aliphatic rings. The van der Waals surface area contributed by atoms with Gasteiger partial charge in [-0.1, -0.05) is 36.4 Å². The van der Waals surface area contributed by atoms with Crippen molar-refractivity contribution in [2.75, 3.05) is 26.8 Å². The van der Waals surface area contributed by atoms with Crippen LogP contribution in [0.25, 0.3) is 0 Å². The van der Waals surface area contributed by atoms with Crippen LogP contribution in [0.15, 0.2) is 72.8 Å². The zero-order chi connectivity index (χ0) is 31.2. The predicted octanol–water partition coefficient (Wildman–Crippen LogP) is 6.14. The highest BCUT2D eigenvalue weighted by Gasteiger charge is 2.36. The largest absolute Gasteiger partial charge is 0.573 e. The van der Waals surface area contributed by atoms with Gasteiger partial charge in [-0.15, -0.1) is 13.2 Å². The van der Waals surface area contributed by atoms with Gasteiger partial charge in [-0.3, -0.25) is 4.79 Å². The summed E-state index contributed by atoms with van der Waals surface area (Å²) < 4.78 is 66.3. The minimum Gasteiger partial charge on any atom is -0.494 e. The van der Waals surface area contributed by atoms with Crippen molar-refractivity contribution in [1.82, 2.24) is 9.80 Å². The quantitative estimate of drug-likeness (QED) is 0.236. The Morgan fingerprint density at radius 1 is 0.953 bits per heavy atom. The van der Waals surface area contributed by atoms with Crippen molar-refractivity contribution >= 4 is 12.0 Å². The Bertz CT molecular complexity index is 1400. The van der Waals surface area contributed by atoms with Gasteiger partial charge in [0.15, 0.2) is 11.6 Å². The van der Waals surface area contributed by atoms with E-state index < -0.39 is 23.6 Å². The molecule has 0 aliphatic carbocycles. The molecule has 3 aromatic rings. The average molecular weight is 605 g/mol. The molecule has 1 fully saturated rings. The van der Waals surface area contributed by atoms with E-state index >= 15 is 0 Å². The van der Waals surface area contributed by atoms with Crippen LogP contribution in [0, 0.1) is 11.2 Å². The molecule has 1 N–H and O–H groups in total. The zero-order valence-corrected chi connectivity index (χ0v) is 23.6. The summed E-state index contributed by atoms with van der Waals surface area (Å²) in [5.74, 6) is -1.39. The van der Waals surface area contributed by atoms with E-state index in [0.29, 0.717) is 30.9 Å². The van der Waals surface area contributed by atoms with Gasteiger partial charge in [0.25, 0.3) is 0 Å². The standard InChI is InChI=1S/C31H32F4N2O6/c1-30(28(38)39,20-42-27-6-4-3-5-26(27)32)17-21-7-11-24(12-8-21)41-16-15-23-19-37(29(40)36(23)2)18-22-9-13-25(14-10-22)43-31(33,34)35/h3-14,23H,15-20H2,1-2H3,(H,38,39). The van der Waals surface area contributed by atoms with E-state index in [0.717, 1.165) is 5.56 Å². The van der Waals surface area contributed by atoms with Gasteiger partial charge < -0.3 is 29.1 Å². The molecule has 2 unspecified atom stereocenters. The lowest BCUT2D eigenvalue weighted by Crippen LogP contribution is -2.36. The monoisotopic (exact) mass is 604 g/mol. The summed E-state index contributed by atoms with van der Waals surface area (Å²) in [6, 6.07) is 17.9. The number of aliphatic carboxylic acids is 1. The van der Waals surface area contributed by atoms with Crippen molar-refractivity contribution < 1.29 is 46.5 Å². The Labute approximate surface area is 246 Å². The van der Waals surface area contributed by atoms with Gasteiger partial charge in [0, 0.05) is 26.6 Å². The molecule has 3 aromatic carbocycles. The van der Waals surface area contributed by atoms with Gasteiger partial charge >= 0.3 is 18.4 Å². The number of alkyl halides is 3. The summed E-state index contributed by atoms with van der Waals surface area (Å²) in [5.41, 5.74) is 0.116. The molecule has 8 nitrogen and oxygen atoms in total. The molecule has 43 heavy (non-hydrogen) atoms. The van der Waals surface area contributed by atoms with Crippen LogP contribution in [0.4, 0.5) is 22.4 Å². The first-order valence-corrected chi connectivity index (χ1v) is 13.5. The first kappa shape index (κ1) is 31.5. The number of carboxylic acid groups (broad SMARTS) is 1. The van der Waals surface area contributed by atoms with Gasteiger partial charge in [-0.25, -0.2) is 9.18 Å². The number of hydrogen-bond acceptors (Lipinski definition) is 5. The minimum atomic E-state index is -4.77. The fourth-order valence-corrected chi connectivity index (χ4v) is 4.72. The second kappa shape index (κ2) is 13.2. The first-order chi connectivity index (χ1) is 20.3. The molecule has 0 saturated carbocycles. The minimum absolute atomic E-state index is 0.00920. The topological polar surface area (TPSA) is 88.5 Å². The second-order valence-electron chi connectivity index (χ2n) is 10.7. The van der Waals surface area contributed by atoms with Crippen LogP contribution in [0.3, 0.4) is 0 Å². The fraction of sp³-hybridized carbons (Fsp3) is 0.355. The van der Waals surface area contributed by atoms with Crippen LogP contribution < -0.4 is 14.2 Å². The van der Waals surface area contributed by atoms with Gasteiger partial charge in [0.05, 0.1) is 12.6 Å². The number of urea groups is 1. The average Bonchev–Trinajstić information content (AvgIpc) is 3.21. The highest BCUT2D eigenvalue weighted by molar-refractivity contribution is 5.77. The smallest absolute Gasteiger partial charge is 0.494 e. The number of halogens is 4. The van der Waals surface area contributed by atoms with Crippen LogP contribution in [0.5, 0.6) is 17.2 Å². The van der Waals surface area contributed by atoms with Crippen LogP contribution in [0.1, 0.15) is 24.5 Å². The molecule has 2 amide bonds. The molecule has 4 rings (SSSR count). The van der Waals surface area contributed by atoms with Crippen molar-refractivity contribution in [2.45, 2.75) is 38.7 Å². The molecule has 0 spiro atoms. The van der Waals surface area contributed by atoms with E-state index in [1.54, 1.807) is 54.1 Å². The van der Waals surface area contributed by atoms with Crippen molar-refractivity contribution in [3.63, 3.8) is 0 Å². The Morgan fingerprint density at radius 2 is 1.58 bits per heavy atom. The molecule has 0 radical (unpaired) electrons. The molecular weight excluding hydrogens is 572 g/mol. The van der Waals surface area contributed by atoms with Gasteiger partial charge in [0.2, 0.25) is 0 Å². The Balaban J connectivity index is 1.25. The van der Waals surface area contributed by atoms with E-state index in [1.807, 2.05) is 0 Å². The number of para-hydroxylation sites is 1. The zero-order valence-electron chi connectivity index (χ0n) is 23.6. The Kier molecular flexibility index (Phi) is 9.67. The van der Waals surface area contributed by atoms with Gasteiger partial charge in [-0.05, 0) is 60.9 Å². The first-order valence-electron chi connectivity index (χ1n) is 13.5. The molecule has 12 heteroatoms. The number of carboxylic acids is 1. The summed E-state index contributed by atoms with van der Waals surface area (Å²) >= 11 is 0. The molecular formula is C31H32F4N2O6. The molecule has 1 heterocycles. The van der Waals surface area contributed by atoms with E-state index in [2.05, 4.69) is 4.74 Å². The molecule has 230 valence electrons. The molecule has 2 atom stereocenters. The maximum Gasteiger partial charge on any atom is 0.573 e. The fourth-order valence-electron chi connectivity index (χ4n) is 4.72. The summed E-state index contributed by atoms with van der Waals surface area (Å²) in [4.78, 5) is 28.0. The maximum absolute atomic E-state index is 13.9. The number of hydrogen-bond donors (Lipinski definition) is 1. The summed E-state index contributed by atoms with van der Waals surface area (Å²) in [6.45, 7) is 2.32. The van der Waals surface area contributed by atoms with Crippen molar-refractivity contribution in [3.05, 3.63) is 89.7 Å². The summed E-state index contributed by atoms with van der Waals surface area (Å²) in [7, 11) is 1.69. The van der Waals surface area contributed by atoms with E-state index in [1.165, 1.54) is 42.5 Å². The van der Waals surface area contributed by atoms with Gasteiger partial charge in [-0.2, -0.15) is 0 Å². The van der Waals surface area contributed by atoms with Crippen LogP contribution >= 0.6 is 0 Å². The number of carbonyl (C=O) groups is 2. The molecule has 0 aromatic heterocycles. The number of rotatable bonds is 13. The van der Waals surface area contributed by atoms with E-state index in [9.17, 15) is 32.3 Å². The van der Waals surface area contributed by atoms with Crippen LogP contribution in [-0.4, -0.2) is 66.1 Å².